The van der Waals surface area contributed by atoms with Crippen LogP contribution in [0.4, 0.5) is 17.6 Å². The maximum Gasteiger partial charge on any atom is 0.416 e. The summed E-state index contributed by atoms with van der Waals surface area (Å²) in [7, 11) is 0. The van der Waals surface area contributed by atoms with Gasteiger partial charge >= 0.3 is 6.18 Å². The van der Waals surface area contributed by atoms with Gasteiger partial charge in [-0.15, -0.1) is 12.4 Å². The Bertz CT molecular complexity index is 425. The summed E-state index contributed by atoms with van der Waals surface area (Å²) in [6.07, 6.45) is -4.02. The molecule has 0 aliphatic rings. The Kier molecular flexibility index (Phi) is 7.47. The number of halogens is 5. The van der Waals surface area contributed by atoms with Gasteiger partial charge in [-0.1, -0.05) is 19.8 Å². The molecule has 0 aliphatic carbocycles. The topological polar surface area (TPSA) is 46.2 Å². The second-order valence-corrected chi connectivity index (χ2v) is 4.46. The summed E-state index contributed by atoms with van der Waals surface area (Å²) in [5.41, 5.74) is 4.22. The predicted molar refractivity (Wildman–Crippen MR) is 71.1 cm³/mol. The quantitative estimate of drug-likeness (QED) is 0.811. The highest BCUT2D eigenvalue weighted by Crippen LogP contribution is 2.35. The van der Waals surface area contributed by atoms with Crippen molar-refractivity contribution in [3.8, 4) is 0 Å². The van der Waals surface area contributed by atoms with Crippen LogP contribution in [0.1, 0.15) is 43.4 Å². The van der Waals surface area contributed by atoms with Gasteiger partial charge in [-0.25, -0.2) is 4.39 Å². The first-order chi connectivity index (χ1) is 8.77. The van der Waals surface area contributed by atoms with E-state index < -0.39 is 35.3 Å². The number of nitrogens with two attached hydrogens (primary N) is 1. The van der Waals surface area contributed by atoms with E-state index in [1.807, 2.05) is 6.92 Å². The molecule has 2 nitrogen and oxygen atoms in total. The minimum atomic E-state index is -4.62. The second-order valence-electron chi connectivity index (χ2n) is 4.46. The zero-order valence-corrected chi connectivity index (χ0v) is 11.8. The van der Waals surface area contributed by atoms with Gasteiger partial charge in [-0.3, -0.25) is 0 Å². The molecule has 0 fully saturated rings. The zero-order chi connectivity index (χ0) is 14.6. The Hall–Kier alpha value is -0.850. The first kappa shape index (κ1) is 19.1. The van der Waals surface area contributed by atoms with Crippen LogP contribution in [0.25, 0.3) is 0 Å². The fourth-order valence-corrected chi connectivity index (χ4v) is 1.87. The van der Waals surface area contributed by atoms with Gasteiger partial charge in [0.15, 0.2) is 0 Å². The van der Waals surface area contributed by atoms with Crippen molar-refractivity contribution in [1.29, 1.82) is 0 Å². The van der Waals surface area contributed by atoms with Crippen molar-refractivity contribution in [3.63, 3.8) is 0 Å². The molecule has 0 amide bonds. The lowest BCUT2D eigenvalue weighted by Crippen LogP contribution is -2.28. The van der Waals surface area contributed by atoms with Gasteiger partial charge in [0.2, 0.25) is 0 Å². The normalized spacial score (nSPS) is 14.6. The second kappa shape index (κ2) is 7.81. The summed E-state index contributed by atoms with van der Waals surface area (Å²) < 4.78 is 51.5. The van der Waals surface area contributed by atoms with Gasteiger partial charge in [-0.05, 0) is 30.2 Å². The molecular formula is C13H18ClF4NO. The van der Waals surface area contributed by atoms with Crippen LogP contribution in [0.5, 0.6) is 0 Å². The molecule has 2 atom stereocenters. The Morgan fingerprint density at radius 3 is 2.40 bits per heavy atom. The molecular weight excluding hydrogens is 298 g/mol. The van der Waals surface area contributed by atoms with Gasteiger partial charge in [0.25, 0.3) is 0 Å². The molecule has 0 radical (unpaired) electrons. The van der Waals surface area contributed by atoms with E-state index in [0.29, 0.717) is 12.5 Å². The Labute approximate surface area is 121 Å². The lowest BCUT2D eigenvalue weighted by Gasteiger charge is -2.22. The molecule has 0 saturated heterocycles. The van der Waals surface area contributed by atoms with Gasteiger partial charge in [0.1, 0.15) is 5.82 Å². The standard InChI is InChI=1S/C13H17F4NO.ClH/c1-2-3-4-11(19)12(18)9-7-8(14)5-6-10(9)13(15,16)17;/h5-7,11-12,19H,2-4,18H2,1H3;1H/t11-,12+;/m1./s1. The van der Waals surface area contributed by atoms with Crippen LogP contribution in [0, 0.1) is 5.82 Å². The van der Waals surface area contributed by atoms with Gasteiger partial charge in [0.05, 0.1) is 17.7 Å². The molecule has 116 valence electrons. The lowest BCUT2D eigenvalue weighted by molar-refractivity contribution is -0.138. The van der Waals surface area contributed by atoms with Crippen LogP contribution in [-0.2, 0) is 6.18 Å². The van der Waals surface area contributed by atoms with Crippen molar-refractivity contribution in [2.75, 3.05) is 0 Å². The summed E-state index contributed by atoms with van der Waals surface area (Å²) in [5, 5.41) is 9.77. The van der Waals surface area contributed by atoms with Gasteiger partial charge in [-0.2, -0.15) is 13.2 Å². The van der Waals surface area contributed by atoms with Crippen molar-refractivity contribution < 1.29 is 22.7 Å². The fourth-order valence-electron chi connectivity index (χ4n) is 1.87. The van der Waals surface area contributed by atoms with Crippen molar-refractivity contribution in [2.45, 2.75) is 44.5 Å². The zero-order valence-electron chi connectivity index (χ0n) is 11.0. The van der Waals surface area contributed by atoms with Crippen molar-refractivity contribution in [1.82, 2.24) is 0 Å². The summed E-state index contributed by atoms with van der Waals surface area (Å²) in [4.78, 5) is 0. The minimum Gasteiger partial charge on any atom is -0.391 e. The number of aliphatic hydroxyl groups excluding tert-OH is 1. The molecule has 20 heavy (non-hydrogen) atoms. The van der Waals surface area contributed by atoms with Gasteiger partial charge < -0.3 is 10.8 Å². The number of hydrogen-bond donors (Lipinski definition) is 2. The number of alkyl halides is 3. The van der Waals surface area contributed by atoms with E-state index in [-0.39, 0.29) is 18.8 Å². The third kappa shape index (κ3) is 4.92. The monoisotopic (exact) mass is 315 g/mol. The molecule has 1 rings (SSSR count). The van der Waals surface area contributed by atoms with Crippen LogP contribution in [0.2, 0.25) is 0 Å². The number of aliphatic hydroxyl groups is 1. The van der Waals surface area contributed by atoms with Crippen LogP contribution < -0.4 is 5.73 Å². The highest BCUT2D eigenvalue weighted by Gasteiger charge is 2.36. The Morgan fingerprint density at radius 1 is 1.30 bits per heavy atom. The van der Waals surface area contributed by atoms with Crippen LogP contribution in [0.15, 0.2) is 18.2 Å². The highest BCUT2D eigenvalue weighted by molar-refractivity contribution is 5.85. The number of rotatable bonds is 5. The van der Waals surface area contributed by atoms with E-state index in [1.165, 1.54) is 0 Å². The molecule has 0 aromatic heterocycles. The SMILES string of the molecule is CCCC[C@@H](O)[C@@H](N)c1cc(F)ccc1C(F)(F)F.Cl. The summed E-state index contributed by atoms with van der Waals surface area (Å²) in [5.74, 6) is -0.804. The maximum absolute atomic E-state index is 13.1. The average Bonchev–Trinajstić information content (AvgIpc) is 2.33. The fraction of sp³-hybridized carbons (Fsp3) is 0.538. The van der Waals surface area contributed by atoms with Crippen molar-refractivity contribution in [3.05, 3.63) is 35.1 Å². The van der Waals surface area contributed by atoms with E-state index in [4.69, 9.17) is 5.73 Å². The third-order valence-electron chi connectivity index (χ3n) is 2.95. The largest absolute Gasteiger partial charge is 0.416 e. The van der Waals surface area contributed by atoms with E-state index in [9.17, 15) is 22.7 Å². The number of benzene rings is 1. The van der Waals surface area contributed by atoms with E-state index in [1.54, 1.807) is 0 Å². The summed E-state index contributed by atoms with van der Waals surface area (Å²) in [6.45, 7) is 1.89. The predicted octanol–water partition coefficient (Wildman–Crippen LogP) is 3.82. The van der Waals surface area contributed by atoms with Gasteiger partial charge in [0, 0.05) is 0 Å². The lowest BCUT2D eigenvalue weighted by atomic mass is 9.94. The maximum atomic E-state index is 13.1. The molecule has 0 saturated carbocycles. The number of unbranched alkanes of at least 4 members (excludes halogenated alkanes) is 1. The third-order valence-corrected chi connectivity index (χ3v) is 2.95. The Morgan fingerprint density at radius 2 is 1.90 bits per heavy atom. The summed E-state index contributed by atoms with van der Waals surface area (Å²) in [6, 6.07) is 0.871. The van der Waals surface area contributed by atoms with E-state index >= 15 is 0 Å². The molecule has 1 aromatic rings. The van der Waals surface area contributed by atoms with Crippen molar-refractivity contribution >= 4 is 12.4 Å². The first-order valence-electron chi connectivity index (χ1n) is 6.07. The van der Waals surface area contributed by atoms with Crippen LogP contribution in [-0.4, -0.2) is 11.2 Å². The minimum absolute atomic E-state index is 0. The van der Waals surface area contributed by atoms with Crippen molar-refractivity contribution in [2.24, 2.45) is 5.73 Å². The smallest absolute Gasteiger partial charge is 0.391 e. The molecule has 7 heteroatoms. The molecule has 0 heterocycles. The molecule has 0 spiro atoms. The average molecular weight is 316 g/mol. The van der Waals surface area contributed by atoms with E-state index in [0.717, 1.165) is 18.6 Å². The van der Waals surface area contributed by atoms with E-state index in [2.05, 4.69) is 0 Å². The molecule has 0 aliphatic heterocycles. The highest BCUT2D eigenvalue weighted by atomic mass is 35.5. The van der Waals surface area contributed by atoms with Crippen LogP contribution in [0.3, 0.4) is 0 Å². The number of hydrogen-bond acceptors (Lipinski definition) is 2. The molecule has 1 aromatic carbocycles. The summed E-state index contributed by atoms with van der Waals surface area (Å²) >= 11 is 0. The molecule has 0 bridgehead atoms. The molecule has 0 unspecified atom stereocenters. The molecule has 3 N–H and O–H groups in total. The first-order valence-corrected chi connectivity index (χ1v) is 6.07. The van der Waals surface area contributed by atoms with Crippen LogP contribution >= 0.6 is 12.4 Å². The Balaban J connectivity index is 0.00000361.